The van der Waals surface area contributed by atoms with Crippen LogP contribution < -0.4 is 5.73 Å². The number of pyridine rings is 1. The number of benzene rings is 1. The summed E-state index contributed by atoms with van der Waals surface area (Å²) in [5.74, 6) is 1.66. The number of nitrogens with two attached hydrogens (primary N) is 1. The molecule has 0 aliphatic rings. The lowest BCUT2D eigenvalue weighted by atomic mass is 10.1. The molecule has 1 aromatic carbocycles. The van der Waals surface area contributed by atoms with Crippen LogP contribution in [0.4, 0.5) is 5.82 Å². The van der Waals surface area contributed by atoms with E-state index in [1.54, 1.807) is 0 Å². The van der Waals surface area contributed by atoms with Crippen LogP contribution in [0.1, 0.15) is 23.9 Å². The van der Waals surface area contributed by atoms with Crippen LogP contribution in [0, 0.1) is 6.92 Å². The summed E-state index contributed by atoms with van der Waals surface area (Å²) < 4.78 is 2.25. The minimum absolute atomic E-state index is 0.595. The number of rotatable bonds is 3. The van der Waals surface area contributed by atoms with Gasteiger partial charge in [0, 0.05) is 19.2 Å². The fourth-order valence-corrected chi connectivity index (χ4v) is 2.54. The molecule has 0 aliphatic carbocycles. The summed E-state index contributed by atoms with van der Waals surface area (Å²) in [5.41, 5.74) is 10.2. The Bertz CT molecular complexity index is 758. The average Bonchev–Trinajstić information content (AvgIpc) is 2.80. The summed E-state index contributed by atoms with van der Waals surface area (Å²) in [6.07, 6.45) is 2.61. The zero-order valence-corrected chi connectivity index (χ0v) is 11.8. The molecule has 3 aromatic rings. The molecular formula is C16H18N4. The van der Waals surface area contributed by atoms with Crippen LogP contribution in [-0.4, -0.2) is 14.5 Å². The fraction of sp³-hybridized carbons (Fsp3) is 0.250. The number of fused-ring (bicyclic) bond motifs is 1. The van der Waals surface area contributed by atoms with E-state index in [-0.39, 0.29) is 0 Å². The van der Waals surface area contributed by atoms with Crippen LogP contribution in [0.15, 0.2) is 36.5 Å². The van der Waals surface area contributed by atoms with Gasteiger partial charge in [0.15, 0.2) is 0 Å². The topological polar surface area (TPSA) is 56.7 Å². The molecule has 0 aliphatic heterocycles. The molecule has 3 rings (SSSR count). The summed E-state index contributed by atoms with van der Waals surface area (Å²) in [5, 5.41) is 0. The Balaban J connectivity index is 2.03. The van der Waals surface area contributed by atoms with Crippen LogP contribution in [0.5, 0.6) is 0 Å². The van der Waals surface area contributed by atoms with Crippen molar-refractivity contribution in [1.82, 2.24) is 14.5 Å². The highest BCUT2D eigenvalue weighted by Crippen LogP contribution is 2.19. The quantitative estimate of drug-likeness (QED) is 0.793. The van der Waals surface area contributed by atoms with Gasteiger partial charge < -0.3 is 10.3 Å². The SMILES string of the molecule is CCn1c(Cc2cnc(N)c(C)c2)nc2ccccc21. The van der Waals surface area contributed by atoms with Gasteiger partial charge in [0.2, 0.25) is 0 Å². The number of anilines is 1. The van der Waals surface area contributed by atoms with Crippen LogP contribution in [-0.2, 0) is 13.0 Å². The largest absolute Gasteiger partial charge is 0.383 e. The molecule has 0 unspecified atom stereocenters. The Morgan fingerprint density at radius 2 is 2.05 bits per heavy atom. The standard InChI is InChI=1S/C16H18N4/c1-3-20-14-7-5-4-6-13(14)19-15(20)9-12-8-11(2)16(17)18-10-12/h4-8,10H,3,9H2,1-2H3,(H2,17,18). The molecule has 0 amide bonds. The number of imidazole rings is 1. The second kappa shape index (κ2) is 4.96. The number of para-hydroxylation sites is 2. The Labute approximate surface area is 118 Å². The molecule has 0 fully saturated rings. The number of hydrogen-bond donors (Lipinski definition) is 1. The van der Waals surface area contributed by atoms with Gasteiger partial charge in [-0.2, -0.15) is 0 Å². The maximum Gasteiger partial charge on any atom is 0.126 e. The summed E-state index contributed by atoms with van der Waals surface area (Å²) in [6.45, 7) is 5.04. The third kappa shape index (κ3) is 2.13. The second-order valence-electron chi connectivity index (χ2n) is 4.98. The molecule has 4 nitrogen and oxygen atoms in total. The zero-order chi connectivity index (χ0) is 14.1. The highest BCUT2D eigenvalue weighted by Gasteiger charge is 2.10. The van der Waals surface area contributed by atoms with Gasteiger partial charge in [-0.05, 0) is 37.1 Å². The highest BCUT2D eigenvalue weighted by molar-refractivity contribution is 5.76. The molecule has 4 heteroatoms. The van der Waals surface area contributed by atoms with Crippen molar-refractivity contribution < 1.29 is 0 Å². The lowest BCUT2D eigenvalue weighted by Crippen LogP contribution is -2.04. The lowest BCUT2D eigenvalue weighted by Gasteiger charge is -2.07. The van der Waals surface area contributed by atoms with Gasteiger partial charge in [-0.1, -0.05) is 18.2 Å². The van der Waals surface area contributed by atoms with E-state index in [0.29, 0.717) is 5.82 Å². The summed E-state index contributed by atoms with van der Waals surface area (Å²) in [6, 6.07) is 10.3. The van der Waals surface area contributed by atoms with Crippen molar-refractivity contribution in [1.29, 1.82) is 0 Å². The maximum atomic E-state index is 5.77. The van der Waals surface area contributed by atoms with Crippen molar-refractivity contribution in [3.8, 4) is 0 Å². The van der Waals surface area contributed by atoms with Gasteiger partial charge >= 0.3 is 0 Å². The monoisotopic (exact) mass is 266 g/mol. The van der Waals surface area contributed by atoms with E-state index >= 15 is 0 Å². The first-order valence-electron chi connectivity index (χ1n) is 6.84. The number of hydrogen-bond acceptors (Lipinski definition) is 3. The van der Waals surface area contributed by atoms with Gasteiger partial charge in [0.1, 0.15) is 11.6 Å². The predicted molar refractivity (Wildman–Crippen MR) is 81.6 cm³/mol. The van der Waals surface area contributed by atoms with Crippen LogP contribution in [0.25, 0.3) is 11.0 Å². The third-order valence-corrected chi connectivity index (χ3v) is 3.59. The van der Waals surface area contributed by atoms with Gasteiger partial charge in [-0.3, -0.25) is 0 Å². The van der Waals surface area contributed by atoms with E-state index in [2.05, 4.69) is 40.7 Å². The Kier molecular flexibility index (Phi) is 3.14. The molecule has 2 aromatic heterocycles. The Morgan fingerprint density at radius 3 is 2.80 bits per heavy atom. The second-order valence-corrected chi connectivity index (χ2v) is 4.98. The van der Waals surface area contributed by atoms with Gasteiger partial charge in [0.05, 0.1) is 11.0 Å². The average molecular weight is 266 g/mol. The van der Waals surface area contributed by atoms with Gasteiger partial charge in [-0.25, -0.2) is 9.97 Å². The Morgan fingerprint density at radius 1 is 1.25 bits per heavy atom. The molecule has 2 N–H and O–H groups in total. The van der Waals surface area contributed by atoms with Crippen molar-refractivity contribution in [2.45, 2.75) is 26.8 Å². The molecular weight excluding hydrogens is 248 g/mol. The third-order valence-electron chi connectivity index (χ3n) is 3.59. The number of aryl methyl sites for hydroxylation is 2. The van der Waals surface area contributed by atoms with Crippen molar-refractivity contribution in [3.05, 3.63) is 53.5 Å². The molecule has 2 heterocycles. The summed E-state index contributed by atoms with van der Waals surface area (Å²) in [4.78, 5) is 8.96. The molecule has 102 valence electrons. The van der Waals surface area contributed by atoms with E-state index in [0.717, 1.165) is 35.4 Å². The highest BCUT2D eigenvalue weighted by atomic mass is 15.1. The van der Waals surface area contributed by atoms with E-state index in [1.807, 2.05) is 19.2 Å². The molecule has 0 bridgehead atoms. The summed E-state index contributed by atoms with van der Waals surface area (Å²) >= 11 is 0. The van der Waals surface area contributed by atoms with Crippen molar-refractivity contribution in [2.75, 3.05) is 5.73 Å². The van der Waals surface area contributed by atoms with Crippen molar-refractivity contribution in [2.24, 2.45) is 0 Å². The van der Waals surface area contributed by atoms with E-state index < -0.39 is 0 Å². The van der Waals surface area contributed by atoms with E-state index in [4.69, 9.17) is 10.7 Å². The van der Waals surface area contributed by atoms with Gasteiger partial charge in [0.25, 0.3) is 0 Å². The van der Waals surface area contributed by atoms with Crippen LogP contribution in [0.2, 0.25) is 0 Å². The predicted octanol–water partition coefficient (Wildman–Crippen LogP) is 2.93. The normalized spacial score (nSPS) is 11.1. The molecule has 20 heavy (non-hydrogen) atoms. The molecule has 0 saturated heterocycles. The first-order chi connectivity index (χ1) is 9.69. The van der Waals surface area contributed by atoms with E-state index in [1.165, 1.54) is 5.52 Å². The Hall–Kier alpha value is -2.36. The lowest BCUT2D eigenvalue weighted by molar-refractivity contribution is 0.733. The minimum atomic E-state index is 0.595. The fourth-order valence-electron chi connectivity index (χ4n) is 2.54. The van der Waals surface area contributed by atoms with Crippen molar-refractivity contribution in [3.63, 3.8) is 0 Å². The van der Waals surface area contributed by atoms with E-state index in [9.17, 15) is 0 Å². The number of aromatic nitrogens is 3. The van der Waals surface area contributed by atoms with Crippen LogP contribution >= 0.6 is 0 Å². The number of nitrogen functional groups attached to an aromatic ring is 1. The first-order valence-corrected chi connectivity index (χ1v) is 6.84. The molecule has 0 saturated carbocycles. The molecule has 0 spiro atoms. The smallest absolute Gasteiger partial charge is 0.126 e. The van der Waals surface area contributed by atoms with Gasteiger partial charge in [-0.15, -0.1) is 0 Å². The minimum Gasteiger partial charge on any atom is -0.383 e. The van der Waals surface area contributed by atoms with Crippen molar-refractivity contribution >= 4 is 16.9 Å². The first kappa shape index (κ1) is 12.7. The molecule has 0 radical (unpaired) electrons. The summed E-state index contributed by atoms with van der Waals surface area (Å²) in [7, 11) is 0. The maximum absolute atomic E-state index is 5.77. The number of nitrogens with zero attached hydrogens (tertiary/aromatic N) is 3. The molecule has 0 atom stereocenters. The van der Waals surface area contributed by atoms with Crippen LogP contribution in [0.3, 0.4) is 0 Å². The zero-order valence-electron chi connectivity index (χ0n) is 11.8.